The van der Waals surface area contributed by atoms with Crippen LogP contribution in [0.25, 0.3) is 0 Å². The van der Waals surface area contributed by atoms with Crippen LogP contribution in [0.2, 0.25) is 0 Å². The number of nitrogens with two attached hydrogens (primary N) is 1. The van der Waals surface area contributed by atoms with Gasteiger partial charge in [0.1, 0.15) is 0 Å². The van der Waals surface area contributed by atoms with Crippen molar-refractivity contribution >= 4 is 0 Å². The standard InChI is InChI=1S/C16H21N3/c1-2-13-9-15(13)19-11-18-10-16(19)14(17)8-12-6-4-3-5-7-12/h3-7,10-11,13-15H,2,8-9,17H2,1H3/t13?,14-,15?/m1/s1. The van der Waals surface area contributed by atoms with Gasteiger partial charge in [0.2, 0.25) is 0 Å². The molecule has 0 aliphatic heterocycles. The third kappa shape index (κ3) is 2.56. The van der Waals surface area contributed by atoms with Gasteiger partial charge >= 0.3 is 0 Å². The van der Waals surface area contributed by atoms with Crippen molar-refractivity contribution in [3.05, 3.63) is 54.1 Å². The first kappa shape index (κ1) is 12.4. The van der Waals surface area contributed by atoms with Crippen LogP contribution in [0.4, 0.5) is 0 Å². The molecule has 1 heterocycles. The number of imidazole rings is 1. The van der Waals surface area contributed by atoms with Crippen LogP contribution >= 0.6 is 0 Å². The molecule has 0 saturated heterocycles. The Morgan fingerprint density at radius 2 is 2.16 bits per heavy atom. The van der Waals surface area contributed by atoms with E-state index in [4.69, 9.17) is 5.73 Å². The van der Waals surface area contributed by atoms with Gasteiger partial charge in [-0.25, -0.2) is 4.98 Å². The second kappa shape index (κ2) is 5.17. The van der Waals surface area contributed by atoms with Crippen molar-refractivity contribution in [2.45, 2.75) is 38.3 Å². The lowest BCUT2D eigenvalue weighted by atomic mass is 10.0. The molecular formula is C16H21N3. The van der Waals surface area contributed by atoms with Gasteiger partial charge in [0.15, 0.2) is 0 Å². The maximum absolute atomic E-state index is 6.36. The number of hydrogen-bond donors (Lipinski definition) is 1. The van der Waals surface area contributed by atoms with Crippen LogP contribution in [0.15, 0.2) is 42.9 Å². The molecule has 1 aliphatic rings. The summed E-state index contributed by atoms with van der Waals surface area (Å²) < 4.78 is 2.29. The van der Waals surface area contributed by atoms with Crippen molar-refractivity contribution in [3.63, 3.8) is 0 Å². The Labute approximate surface area is 114 Å². The third-order valence-electron chi connectivity index (χ3n) is 4.14. The van der Waals surface area contributed by atoms with E-state index in [0.29, 0.717) is 6.04 Å². The summed E-state index contributed by atoms with van der Waals surface area (Å²) in [4.78, 5) is 4.30. The van der Waals surface area contributed by atoms with E-state index < -0.39 is 0 Å². The summed E-state index contributed by atoms with van der Waals surface area (Å²) in [5.74, 6) is 0.817. The maximum Gasteiger partial charge on any atom is 0.0951 e. The molecule has 3 heteroatoms. The lowest BCUT2D eigenvalue weighted by Crippen LogP contribution is -2.17. The monoisotopic (exact) mass is 255 g/mol. The zero-order chi connectivity index (χ0) is 13.2. The Hall–Kier alpha value is -1.61. The molecule has 2 unspecified atom stereocenters. The van der Waals surface area contributed by atoms with Crippen LogP contribution in [-0.4, -0.2) is 9.55 Å². The highest BCUT2D eigenvalue weighted by molar-refractivity contribution is 5.19. The highest BCUT2D eigenvalue weighted by Crippen LogP contribution is 2.46. The van der Waals surface area contributed by atoms with Gasteiger partial charge in [-0.2, -0.15) is 0 Å². The minimum absolute atomic E-state index is 0.0306. The minimum atomic E-state index is 0.0306. The molecule has 3 atom stereocenters. The fraction of sp³-hybridized carbons (Fsp3) is 0.438. The van der Waals surface area contributed by atoms with E-state index in [1.54, 1.807) is 0 Å². The Kier molecular flexibility index (Phi) is 3.38. The lowest BCUT2D eigenvalue weighted by Gasteiger charge is -2.15. The van der Waals surface area contributed by atoms with Crippen LogP contribution in [0, 0.1) is 5.92 Å². The van der Waals surface area contributed by atoms with Gasteiger partial charge in [-0.3, -0.25) is 0 Å². The highest BCUT2D eigenvalue weighted by Gasteiger charge is 2.38. The summed E-state index contributed by atoms with van der Waals surface area (Å²) in [6.07, 6.45) is 7.27. The Bertz CT molecular complexity index is 532. The molecular weight excluding hydrogens is 234 g/mol. The van der Waals surface area contributed by atoms with Crippen LogP contribution in [0.3, 0.4) is 0 Å². The smallest absolute Gasteiger partial charge is 0.0951 e. The SMILES string of the molecule is CCC1CC1n1cncc1[C@H](N)Cc1ccccc1. The van der Waals surface area contributed by atoms with Crippen molar-refractivity contribution < 1.29 is 0 Å². The van der Waals surface area contributed by atoms with Crippen LogP contribution < -0.4 is 5.73 Å². The Morgan fingerprint density at radius 3 is 2.84 bits per heavy atom. The lowest BCUT2D eigenvalue weighted by molar-refractivity contribution is 0.574. The average Bonchev–Trinajstić information content (AvgIpc) is 3.06. The summed E-state index contributed by atoms with van der Waals surface area (Å²) in [7, 11) is 0. The molecule has 2 aromatic rings. The second-order valence-electron chi connectivity index (χ2n) is 5.49. The van der Waals surface area contributed by atoms with E-state index >= 15 is 0 Å². The second-order valence-corrected chi connectivity index (χ2v) is 5.49. The van der Waals surface area contributed by atoms with Crippen LogP contribution in [0.1, 0.15) is 43.1 Å². The molecule has 0 spiro atoms. The van der Waals surface area contributed by atoms with E-state index in [9.17, 15) is 0 Å². The fourth-order valence-corrected chi connectivity index (χ4v) is 2.86. The number of benzene rings is 1. The zero-order valence-corrected chi connectivity index (χ0v) is 11.4. The summed E-state index contributed by atoms with van der Waals surface area (Å²) in [5, 5.41) is 0. The van der Waals surface area contributed by atoms with Crippen molar-refractivity contribution in [1.29, 1.82) is 0 Å². The molecule has 3 nitrogen and oxygen atoms in total. The summed E-state index contributed by atoms with van der Waals surface area (Å²) in [5.41, 5.74) is 8.82. The highest BCUT2D eigenvalue weighted by atomic mass is 15.1. The molecule has 1 aromatic carbocycles. The summed E-state index contributed by atoms with van der Waals surface area (Å²) in [6, 6.07) is 11.1. The molecule has 0 radical (unpaired) electrons. The van der Waals surface area contributed by atoms with E-state index in [1.165, 1.54) is 24.1 Å². The molecule has 1 fully saturated rings. The number of hydrogen-bond acceptors (Lipinski definition) is 2. The quantitative estimate of drug-likeness (QED) is 0.892. The molecule has 100 valence electrons. The Balaban J connectivity index is 1.74. The first-order valence-electron chi connectivity index (χ1n) is 7.10. The normalized spacial score (nSPS) is 23.3. The summed E-state index contributed by atoms with van der Waals surface area (Å²) in [6.45, 7) is 2.26. The van der Waals surface area contributed by atoms with Gasteiger partial charge in [-0.15, -0.1) is 0 Å². The van der Waals surface area contributed by atoms with Crippen molar-refractivity contribution in [2.24, 2.45) is 11.7 Å². The maximum atomic E-state index is 6.36. The minimum Gasteiger partial charge on any atom is -0.330 e. The van der Waals surface area contributed by atoms with Gasteiger partial charge < -0.3 is 10.3 Å². The van der Waals surface area contributed by atoms with E-state index in [2.05, 4.69) is 40.7 Å². The van der Waals surface area contributed by atoms with Gasteiger partial charge in [-0.1, -0.05) is 43.7 Å². The predicted octanol–water partition coefficient (Wildman–Crippen LogP) is 3.10. The molecule has 1 aliphatic carbocycles. The molecule has 1 aromatic heterocycles. The predicted molar refractivity (Wildman–Crippen MR) is 76.7 cm³/mol. The molecule has 0 amide bonds. The largest absolute Gasteiger partial charge is 0.330 e. The number of rotatable bonds is 5. The van der Waals surface area contributed by atoms with Gasteiger partial charge in [0, 0.05) is 12.2 Å². The number of aromatic nitrogens is 2. The Morgan fingerprint density at radius 1 is 1.37 bits per heavy atom. The van der Waals surface area contributed by atoms with Gasteiger partial charge in [0.05, 0.1) is 18.1 Å². The molecule has 0 bridgehead atoms. The molecule has 1 saturated carbocycles. The molecule has 19 heavy (non-hydrogen) atoms. The average molecular weight is 255 g/mol. The first-order valence-corrected chi connectivity index (χ1v) is 7.10. The molecule has 2 N–H and O–H groups in total. The van der Waals surface area contributed by atoms with E-state index in [-0.39, 0.29) is 6.04 Å². The zero-order valence-electron chi connectivity index (χ0n) is 11.4. The van der Waals surface area contributed by atoms with E-state index in [1.807, 2.05) is 18.6 Å². The summed E-state index contributed by atoms with van der Waals surface area (Å²) >= 11 is 0. The van der Waals surface area contributed by atoms with Gasteiger partial charge in [-0.05, 0) is 24.3 Å². The van der Waals surface area contributed by atoms with Crippen molar-refractivity contribution in [3.8, 4) is 0 Å². The molecule has 3 rings (SSSR count). The van der Waals surface area contributed by atoms with E-state index in [0.717, 1.165) is 12.3 Å². The van der Waals surface area contributed by atoms with Gasteiger partial charge in [0.25, 0.3) is 0 Å². The number of nitrogens with zero attached hydrogens (tertiary/aromatic N) is 2. The van der Waals surface area contributed by atoms with Crippen molar-refractivity contribution in [1.82, 2.24) is 9.55 Å². The third-order valence-corrected chi connectivity index (χ3v) is 4.14. The van der Waals surface area contributed by atoms with Crippen LogP contribution in [0.5, 0.6) is 0 Å². The topological polar surface area (TPSA) is 43.8 Å². The van der Waals surface area contributed by atoms with Crippen molar-refractivity contribution in [2.75, 3.05) is 0 Å². The fourth-order valence-electron chi connectivity index (χ4n) is 2.86. The van der Waals surface area contributed by atoms with Crippen LogP contribution in [-0.2, 0) is 6.42 Å². The first-order chi connectivity index (χ1) is 9.29.